The van der Waals surface area contributed by atoms with E-state index in [1.807, 2.05) is 32.9 Å². The summed E-state index contributed by atoms with van der Waals surface area (Å²) in [6, 6.07) is 7.66. The molecule has 3 N–H and O–H groups in total. The number of carbonyl (C=O) groups excluding carboxylic acids is 1. The summed E-state index contributed by atoms with van der Waals surface area (Å²) >= 11 is 0. The molecule has 0 atom stereocenters. The minimum Gasteiger partial charge on any atom is -0.381 e. The van der Waals surface area contributed by atoms with Gasteiger partial charge in [-0.1, -0.05) is 12.1 Å². The molecule has 8 nitrogen and oxygen atoms in total. The molecule has 5 rings (SSSR count). The van der Waals surface area contributed by atoms with Crippen molar-refractivity contribution in [3.8, 4) is 11.3 Å². The van der Waals surface area contributed by atoms with E-state index >= 15 is 4.39 Å². The van der Waals surface area contributed by atoms with Gasteiger partial charge in [-0.05, 0) is 64.5 Å². The van der Waals surface area contributed by atoms with Crippen molar-refractivity contribution in [2.24, 2.45) is 5.92 Å². The average Bonchev–Trinajstić information content (AvgIpc) is 3.55. The fraction of sp³-hybridized carbons (Fsp3) is 0.500. The number of benzene rings is 1. The molecule has 0 unspecified atom stereocenters. The lowest BCUT2D eigenvalue weighted by atomic mass is 10.0. The number of imidazole rings is 1. The standard InChI is InChI=1S/C26H33FN6O2/c1-26(2,3)31-23-21(27)22(28-14-16-10-12-35-13-11-16)24-29-15-20(33(24)32-23)17-4-6-18(7-5-17)25(34)30-19-8-9-19/h4-7,15-16,19,28H,8-14H2,1-3H3,(H,30,34)(H,31,32). The Kier molecular flexibility index (Phi) is 6.35. The van der Waals surface area contributed by atoms with Gasteiger partial charge < -0.3 is 20.7 Å². The van der Waals surface area contributed by atoms with Crippen LogP contribution in [0.1, 0.15) is 56.8 Å². The summed E-state index contributed by atoms with van der Waals surface area (Å²) in [5, 5.41) is 14.1. The lowest BCUT2D eigenvalue weighted by Crippen LogP contribution is -2.28. The maximum absolute atomic E-state index is 15.6. The number of carbonyl (C=O) groups is 1. The van der Waals surface area contributed by atoms with Gasteiger partial charge in [0.15, 0.2) is 17.3 Å². The van der Waals surface area contributed by atoms with E-state index < -0.39 is 5.82 Å². The Bertz CT molecular complexity index is 1210. The summed E-state index contributed by atoms with van der Waals surface area (Å²) in [7, 11) is 0. The van der Waals surface area contributed by atoms with Gasteiger partial charge in [-0.15, -0.1) is 5.10 Å². The van der Waals surface area contributed by atoms with Crippen molar-refractivity contribution >= 4 is 23.1 Å². The van der Waals surface area contributed by atoms with E-state index in [4.69, 9.17) is 4.74 Å². The number of hydrogen-bond donors (Lipinski definition) is 3. The zero-order valence-corrected chi connectivity index (χ0v) is 20.5. The van der Waals surface area contributed by atoms with E-state index in [1.165, 1.54) is 0 Å². The summed E-state index contributed by atoms with van der Waals surface area (Å²) in [5.74, 6) is 0.0793. The molecule has 3 aromatic rings. The van der Waals surface area contributed by atoms with Gasteiger partial charge in [0.05, 0.1) is 11.9 Å². The van der Waals surface area contributed by atoms with Crippen molar-refractivity contribution in [1.82, 2.24) is 19.9 Å². The quantitative estimate of drug-likeness (QED) is 0.462. The van der Waals surface area contributed by atoms with Crippen molar-refractivity contribution in [1.29, 1.82) is 0 Å². The smallest absolute Gasteiger partial charge is 0.251 e. The highest BCUT2D eigenvalue weighted by Crippen LogP contribution is 2.31. The molecule has 3 heterocycles. The predicted octanol–water partition coefficient (Wildman–Crippen LogP) is 4.48. The molecule has 9 heteroatoms. The second-order valence-corrected chi connectivity index (χ2v) is 10.6. The number of nitrogens with zero attached hydrogens (tertiary/aromatic N) is 3. The number of fused-ring (bicyclic) bond motifs is 1. The number of ether oxygens (including phenoxy) is 1. The molecule has 1 aliphatic heterocycles. The van der Waals surface area contributed by atoms with Gasteiger partial charge in [0.25, 0.3) is 5.91 Å². The third kappa shape index (κ3) is 5.40. The summed E-state index contributed by atoms with van der Waals surface area (Å²) < 4.78 is 22.8. The number of rotatable bonds is 7. The Morgan fingerprint density at radius 1 is 1.14 bits per heavy atom. The molecule has 2 aromatic heterocycles. The molecular weight excluding hydrogens is 447 g/mol. The highest BCUT2D eigenvalue weighted by atomic mass is 19.1. The van der Waals surface area contributed by atoms with E-state index in [-0.39, 0.29) is 17.3 Å². The summed E-state index contributed by atoms with van der Waals surface area (Å²) in [4.78, 5) is 16.9. The average molecular weight is 481 g/mol. The first kappa shape index (κ1) is 23.5. The Morgan fingerprint density at radius 2 is 1.86 bits per heavy atom. The van der Waals surface area contributed by atoms with E-state index in [1.54, 1.807) is 22.8 Å². The van der Waals surface area contributed by atoms with Crippen LogP contribution in [0.3, 0.4) is 0 Å². The molecule has 0 bridgehead atoms. The normalized spacial score (nSPS) is 16.9. The first-order valence-corrected chi connectivity index (χ1v) is 12.4. The fourth-order valence-corrected chi connectivity index (χ4v) is 4.25. The first-order chi connectivity index (χ1) is 16.8. The van der Waals surface area contributed by atoms with Gasteiger partial charge in [0, 0.05) is 42.5 Å². The highest BCUT2D eigenvalue weighted by Gasteiger charge is 2.25. The Labute approximate surface area is 204 Å². The Hall–Kier alpha value is -3.20. The van der Waals surface area contributed by atoms with Crippen LogP contribution < -0.4 is 16.0 Å². The lowest BCUT2D eigenvalue weighted by Gasteiger charge is -2.25. The van der Waals surface area contributed by atoms with Gasteiger partial charge in [-0.3, -0.25) is 4.79 Å². The summed E-state index contributed by atoms with van der Waals surface area (Å²) in [6.45, 7) is 8.01. The van der Waals surface area contributed by atoms with Crippen LogP contribution in [0.25, 0.3) is 16.9 Å². The third-order valence-corrected chi connectivity index (χ3v) is 6.35. The van der Waals surface area contributed by atoms with Gasteiger partial charge in [-0.25, -0.2) is 13.9 Å². The maximum Gasteiger partial charge on any atom is 0.251 e. The molecule has 1 saturated heterocycles. The van der Waals surface area contributed by atoms with Crippen LogP contribution in [0.4, 0.5) is 15.9 Å². The van der Waals surface area contributed by atoms with E-state index in [0.29, 0.717) is 35.4 Å². The van der Waals surface area contributed by atoms with Crippen molar-refractivity contribution in [3.05, 3.63) is 41.8 Å². The maximum atomic E-state index is 15.6. The Balaban J connectivity index is 1.48. The number of hydrogen-bond acceptors (Lipinski definition) is 6. The molecule has 2 fully saturated rings. The summed E-state index contributed by atoms with van der Waals surface area (Å²) in [6.07, 6.45) is 5.68. The van der Waals surface area contributed by atoms with Gasteiger partial charge >= 0.3 is 0 Å². The molecule has 1 amide bonds. The zero-order chi connectivity index (χ0) is 24.6. The minimum atomic E-state index is -0.441. The molecule has 1 saturated carbocycles. The van der Waals surface area contributed by atoms with E-state index in [0.717, 1.165) is 50.2 Å². The summed E-state index contributed by atoms with van der Waals surface area (Å²) in [5.41, 5.74) is 2.57. The minimum absolute atomic E-state index is 0.0614. The molecule has 2 aliphatic rings. The van der Waals surface area contributed by atoms with E-state index in [9.17, 15) is 4.79 Å². The monoisotopic (exact) mass is 480 g/mol. The fourth-order valence-electron chi connectivity index (χ4n) is 4.25. The van der Waals surface area contributed by atoms with Crippen LogP contribution >= 0.6 is 0 Å². The van der Waals surface area contributed by atoms with Gasteiger partial charge in [-0.2, -0.15) is 0 Å². The largest absolute Gasteiger partial charge is 0.381 e. The van der Waals surface area contributed by atoms with Crippen molar-refractivity contribution in [2.75, 3.05) is 30.4 Å². The van der Waals surface area contributed by atoms with Crippen molar-refractivity contribution in [2.45, 2.75) is 58.0 Å². The molecule has 1 aliphatic carbocycles. The number of amides is 1. The van der Waals surface area contributed by atoms with Crippen LogP contribution in [0, 0.1) is 11.7 Å². The van der Waals surface area contributed by atoms with Crippen LogP contribution in [-0.2, 0) is 4.74 Å². The SMILES string of the molecule is CC(C)(C)Nc1nn2c(-c3ccc(C(=O)NC4CC4)cc3)cnc2c(NCC2CCOCC2)c1F. The second-order valence-electron chi connectivity index (χ2n) is 10.6. The topological polar surface area (TPSA) is 92.6 Å². The Morgan fingerprint density at radius 3 is 2.51 bits per heavy atom. The van der Waals surface area contributed by atoms with Crippen LogP contribution in [0.2, 0.25) is 0 Å². The van der Waals surface area contributed by atoms with Crippen LogP contribution in [0.5, 0.6) is 0 Å². The van der Waals surface area contributed by atoms with Gasteiger partial charge in [0.1, 0.15) is 5.69 Å². The highest BCUT2D eigenvalue weighted by molar-refractivity contribution is 5.95. The molecule has 35 heavy (non-hydrogen) atoms. The van der Waals surface area contributed by atoms with E-state index in [2.05, 4.69) is 26.0 Å². The first-order valence-electron chi connectivity index (χ1n) is 12.4. The van der Waals surface area contributed by atoms with Crippen LogP contribution in [-0.4, -0.2) is 51.8 Å². The van der Waals surface area contributed by atoms with Crippen molar-refractivity contribution < 1.29 is 13.9 Å². The molecule has 186 valence electrons. The predicted molar refractivity (Wildman–Crippen MR) is 134 cm³/mol. The molecular formula is C26H33FN6O2. The second kappa shape index (κ2) is 9.45. The molecule has 0 radical (unpaired) electrons. The lowest BCUT2D eigenvalue weighted by molar-refractivity contribution is 0.0699. The van der Waals surface area contributed by atoms with Crippen LogP contribution in [0.15, 0.2) is 30.5 Å². The molecule has 0 spiro atoms. The third-order valence-electron chi connectivity index (χ3n) is 6.35. The number of anilines is 2. The zero-order valence-electron chi connectivity index (χ0n) is 20.5. The van der Waals surface area contributed by atoms with Crippen molar-refractivity contribution in [3.63, 3.8) is 0 Å². The number of halogens is 1. The number of aromatic nitrogens is 3. The molecule has 1 aromatic carbocycles. The van der Waals surface area contributed by atoms with Gasteiger partial charge in [0.2, 0.25) is 0 Å². The number of nitrogens with one attached hydrogen (secondary N) is 3.